The lowest BCUT2D eigenvalue weighted by atomic mass is 9.96. The number of H-pyrrole nitrogens is 1. The first-order valence-corrected chi connectivity index (χ1v) is 13.4. The summed E-state index contributed by atoms with van der Waals surface area (Å²) in [5.41, 5.74) is 4.48. The molecule has 5 aromatic rings. The number of aromatic amines is 1. The maximum Gasteiger partial charge on any atom is 0.242 e. The second-order valence-corrected chi connectivity index (χ2v) is 9.88. The van der Waals surface area contributed by atoms with Gasteiger partial charge in [0.25, 0.3) is 0 Å². The number of rotatable bonds is 12. The number of carbonyl (C=O) groups excluding carboxylic acids is 1. The second-order valence-electron chi connectivity index (χ2n) is 9.88. The maximum atomic E-state index is 13.2. The van der Waals surface area contributed by atoms with Gasteiger partial charge in [0.05, 0.1) is 0 Å². The first-order valence-electron chi connectivity index (χ1n) is 13.4. The molecule has 2 aromatic heterocycles. The van der Waals surface area contributed by atoms with Gasteiger partial charge in [-0.25, -0.2) is 5.10 Å². The minimum Gasteiger partial charge on any atom is -0.489 e. The number of benzene rings is 3. The molecule has 2 heterocycles. The molecule has 0 bridgehead atoms. The van der Waals surface area contributed by atoms with Crippen LogP contribution < -0.4 is 4.74 Å². The van der Waals surface area contributed by atoms with Crippen molar-refractivity contribution in [3.8, 4) is 5.75 Å². The van der Waals surface area contributed by atoms with Crippen LogP contribution >= 0.6 is 0 Å². The molecular weight excluding hydrogens is 488 g/mol. The molecule has 8 nitrogen and oxygen atoms in total. The van der Waals surface area contributed by atoms with Crippen molar-refractivity contribution in [3.05, 3.63) is 108 Å². The Kier molecular flexibility index (Phi) is 8.31. The molecule has 8 heteroatoms. The summed E-state index contributed by atoms with van der Waals surface area (Å²) < 4.78 is 8.19. The molecule has 1 amide bonds. The average molecular weight is 523 g/mol. The third-order valence-electron chi connectivity index (χ3n) is 7.20. The van der Waals surface area contributed by atoms with Crippen LogP contribution in [0.1, 0.15) is 41.8 Å². The number of nitrogens with one attached hydrogen (secondary N) is 1. The van der Waals surface area contributed by atoms with Gasteiger partial charge in [-0.1, -0.05) is 67.6 Å². The van der Waals surface area contributed by atoms with Gasteiger partial charge in [-0.15, -0.1) is 5.10 Å². The van der Waals surface area contributed by atoms with E-state index in [-0.39, 0.29) is 18.4 Å². The van der Waals surface area contributed by atoms with Crippen LogP contribution in [-0.4, -0.2) is 49.6 Å². The zero-order valence-corrected chi connectivity index (χ0v) is 22.5. The molecule has 0 aliphatic rings. The van der Waals surface area contributed by atoms with Gasteiger partial charge in [-0.2, -0.15) is 0 Å². The highest BCUT2D eigenvalue weighted by Crippen LogP contribution is 2.31. The Hall–Kier alpha value is -4.46. The van der Waals surface area contributed by atoms with Gasteiger partial charge < -0.3 is 14.2 Å². The number of likely N-dealkylation sites (N-methyl/N-ethyl adjacent to an activating group) is 1. The van der Waals surface area contributed by atoms with Crippen LogP contribution in [0.2, 0.25) is 0 Å². The van der Waals surface area contributed by atoms with E-state index < -0.39 is 0 Å². The molecule has 0 aliphatic carbocycles. The highest BCUT2D eigenvalue weighted by atomic mass is 16.5. The van der Waals surface area contributed by atoms with Crippen molar-refractivity contribution in [2.45, 2.75) is 45.3 Å². The zero-order chi connectivity index (χ0) is 27.0. The normalized spacial score (nSPS) is 11.9. The molecule has 1 unspecified atom stereocenters. The van der Waals surface area contributed by atoms with Gasteiger partial charge in [0.2, 0.25) is 5.91 Å². The van der Waals surface area contributed by atoms with Gasteiger partial charge in [-0.05, 0) is 64.6 Å². The zero-order valence-electron chi connectivity index (χ0n) is 22.5. The standard InChI is InChI=1S/C31H34N6O2/c1-3-25(31-32-34-35-33-31)18-26-20-37(21-30(38)36(2)17-16-23-10-6-4-7-11-23)29-15-14-27(19-28(26)29)39-22-24-12-8-5-9-13-24/h4-15,19-20,25H,3,16-18,21-22H2,1-2H3,(H,32,33,34,35). The number of amides is 1. The van der Waals surface area contributed by atoms with Crippen LogP contribution in [0.5, 0.6) is 5.75 Å². The molecule has 39 heavy (non-hydrogen) atoms. The number of carbonyl (C=O) groups is 1. The van der Waals surface area contributed by atoms with Crippen molar-refractivity contribution in [1.82, 2.24) is 30.1 Å². The quantitative estimate of drug-likeness (QED) is 0.244. The highest BCUT2D eigenvalue weighted by Gasteiger charge is 2.20. The summed E-state index contributed by atoms with van der Waals surface area (Å²) >= 11 is 0. The molecule has 5 rings (SSSR count). The van der Waals surface area contributed by atoms with E-state index >= 15 is 0 Å². The summed E-state index contributed by atoms with van der Waals surface area (Å²) in [4.78, 5) is 15.0. The number of aromatic nitrogens is 5. The lowest BCUT2D eigenvalue weighted by Gasteiger charge is -2.18. The summed E-state index contributed by atoms with van der Waals surface area (Å²) in [6, 6.07) is 26.5. The number of tetrazole rings is 1. The first-order chi connectivity index (χ1) is 19.1. The highest BCUT2D eigenvalue weighted by molar-refractivity contribution is 5.87. The molecular formula is C31H34N6O2. The Labute approximate surface area is 228 Å². The largest absolute Gasteiger partial charge is 0.489 e. The summed E-state index contributed by atoms with van der Waals surface area (Å²) in [7, 11) is 1.87. The Morgan fingerprint density at radius 3 is 2.46 bits per heavy atom. The molecule has 0 radical (unpaired) electrons. The van der Waals surface area contributed by atoms with Crippen molar-refractivity contribution in [3.63, 3.8) is 0 Å². The van der Waals surface area contributed by atoms with Crippen molar-refractivity contribution in [2.75, 3.05) is 13.6 Å². The summed E-state index contributed by atoms with van der Waals surface area (Å²) in [6.07, 6.45) is 4.55. The van der Waals surface area contributed by atoms with E-state index in [1.165, 1.54) is 5.56 Å². The monoisotopic (exact) mass is 522 g/mol. The van der Waals surface area contributed by atoms with E-state index in [2.05, 4.69) is 68.6 Å². The van der Waals surface area contributed by atoms with E-state index in [4.69, 9.17) is 4.74 Å². The van der Waals surface area contributed by atoms with Crippen LogP contribution in [0.25, 0.3) is 10.9 Å². The third-order valence-corrected chi connectivity index (χ3v) is 7.20. The summed E-state index contributed by atoms with van der Waals surface area (Å²) in [6.45, 7) is 3.57. The van der Waals surface area contributed by atoms with Gasteiger partial charge >= 0.3 is 0 Å². The molecule has 3 aromatic carbocycles. The van der Waals surface area contributed by atoms with Crippen LogP contribution in [0, 0.1) is 0 Å². The van der Waals surface area contributed by atoms with Crippen molar-refractivity contribution >= 4 is 16.8 Å². The second kappa shape index (κ2) is 12.4. The SMILES string of the molecule is CCC(Cc1cn(CC(=O)N(C)CCc2ccccc2)c2ccc(OCc3ccccc3)cc12)c1nnn[nH]1. The maximum absolute atomic E-state index is 13.2. The van der Waals surface area contributed by atoms with Crippen LogP contribution in [0.15, 0.2) is 85.1 Å². The molecule has 1 atom stereocenters. The Morgan fingerprint density at radius 1 is 1.03 bits per heavy atom. The average Bonchev–Trinajstić information content (AvgIpc) is 3.63. The van der Waals surface area contributed by atoms with Gasteiger partial charge in [-0.3, -0.25) is 4.79 Å². The van der Waals surface area contributed by atoms with Crippen LogP contribution in [0.4, 0.5) is 0 Å². The number of hydrogen-bond acceptors (Lipinski definition) is 5. The number of ether oxygens (including phenoxy) is 1. The minimum atomic E-state index is 0.0743. The Balaban J connectivity index is 1.37. The Morgan fingerprint density at radius 2 is 1.77 bits per heavy atom. The minimum absolute atomic E-state index is 0.0743. The number of nitrogens with zero attached hydrogens (tertiary/aromatic N) is 5. The Bertz CT molecular complexity index is 1480. The summed E-state index contributed by atoms with van der Waals surface area (Å²) in [5, 5.41) is 15.7. The van der Waals surface area contributed by atoms with E-state index in [1.54, 1.807) is 0 Å². The van der Waals surface area contributed by atoms with Crippen molar-refractivity contribution in [2.24, 2.45) is 0 Å². The summed E-state index contributed by atoms with van der Waals surface area (Å²) in [5.74, 6) is 1.78. The molecule has 1 N–H and O–H groups in total. The molecule has 0 fully saturated rings. The topological polar surface area (TPSA) is 88.9 Å². The molecule has 0 spiro atoms. The fourth-order valence-electron chi connectivity index (χ4n) is 4.85. The van der Waals surface area contributed by atoms with Crippen LogP contribution in [-0.2, 0) is 30.8 Å². The van der Waals surface area contributed by atoms with Gasteiger partial charge in [0.1, 0.15) is 18.9 Å². The third kappa shape index (κ3) is 6.52. The fraction of sp³-hybridized carbons (Fsp3) is 0.290. The predicted octanol–water partition coefficient (Wildman–Crippen LogP) is 5.17. The van der Waals surface area contributed by atoms with Crippen molar-refractivity contribution < 1.29 is 9.53 Å². The molecule has 0 aliphatic heterocycles. The van der Waals surface area contributed by atoms with Gasteiger partial charge in [0.15, 0.2) is 5.82 Å². The van der Waals surface area contributed by atoms with Gasteiger partial charge in [0, 0.05) is 36.6 Å². The van der Waals surface area contributed by atoms with E-state index in [0.29, 0.717) is 13.2 Å². The van der Waals surface area contributed by atoms with E-state index in [9.17, 15) is 4.79 Å². The lowest BCUT2D eigenvalue weighted by Crippen LogP contribution is -2.31. The number of fused-ring (bicyclic) bond motifs is 1. The fourth-order valence-corrected chi connectivity index (χ4v) is 4.85. The lowest BCUT2D eigenvalue weighted by molar-refractivity contribution is -0.130. The predicted molar refractivity (Wildman–Crippen MR) is 151 cm³/mol. The first kappa shape index (κ1) is 26.2. The van der Waals surface area contributed by atoms with E-state index in [1.807, 2.05) is 60.5 Å². The van der Waals surface area contributed by atoms with E-state index in [0.717, 1.165) is 52.9 Å². The molecule has 200 valence electrons. The van der Waals surface area contributed by atoms with Crippen LogP contribution in [0.3, 0.4) is 0 Å². The number of hydrogen-bond donors (Lipinski definition) is 1. The van der Waals surface area contributed by atoms with Crippen molar-refractivity contribution in [1.29, 1.82) is 0 Å². The molecule has 0 saturated heterocycles. The molecule has 0 saturated carbocycles. The smallest absolute Gasteiger partial charge is 0.242 e.